The lowest BCUT2D eigenvalue weighted by atomic mass is 10.1. The monoisotopic (exact) mass is 444 g/mol. The summed E-state index contributed by atoms with van der Waals surface area (Å²) < 4.78 is 7.78. The number of aromatic nitrogens is 1. The van der Waals surface area contributed by atoms with Crippen LogP contribution in [0.5, 0.6) is 5.75 Å². The molecule has 0 aliphatic rings. The number of nitrogens with zero attached hydrogens (tertiary/aromatic N) is 1. The van der Waals surface area contributed by atoms with Gasteiger partial charge in [-0.2, -0.15) is 0 Å². The van der Waals surface area contributed by atoms with Crippen molar-refractivity contribution in [1.82, 2.24) is 4.57 Å². The number of benzene rings is 2. The maximum atomic E-state index is 12.6. The summed E-state index contributed by atoms with van der Waals surface area (Å²) in [5, 5.41) is 9.33. The molecule has 0 aliphatic heterocycles. The predicted molar refractivity (Wildman–Crippen MR) is 107 cm³/mol. The number of carboxylic acids is 1. The van der Waals surface area contributed by atoms with Gasteiger partial charge >= 0.3 is 5.97 Å². The third-order valence-corrected chi connectivity index (χ3v) is 4.99. The van der Waals surface area contributed by atoms with Crippen molar-refractivity contribution in [2.75, 3.05) is 6.61 Å². The average molecular weight is 445 g/mol. The van der Waals surface area contributed by atoms with E-state index in [-0.39, 0.29) is 11.3 Å². The number of Topliss-reactive ketones (excluding diaryl/α,β-unsaturated/α-hetero) is 1. The summed E-state index contributed by atoms with van der Waals surface area (Å²) in [6.45, 7) is 1.58. The van der Waals surface area contributed by atoms with Gasteiger partial charge in [-0.05, 0) is 40.5 Å². The first-order valence-electron chi connectivity index (χ1n) is 8.35. The lowest BCUT2D eigenvalue weighted by molar-refractivity contribution is -0.139. The zero-order chi connectivity index (χ0) is 20.4. The van der Waals surface area contributed by atoms with Gasteiger partial charge in [0, 0.05) is 12.2 Å². The maximum Gasteiger partial charge on any atom is 0.341 e. The fourth-order valence-corrected chi connectivity index (χ4v) is 3.60. The molecule has 0 atom stereocenters. The fraction of sp³-hybridized carbons (Fsp3) is 0.150. The number of ketones is 1. The molecule has 0 fully saturated rings. The third kappa shape index (κ3) is 3.63. The van der Waals surface area contributed by atoms with Crippen molar-refractivity contribution in [3.05, 3.63) is 63.8 Å². The summed E-state index contributed by atoms with van der Waals surface area (Å²) in [5.74, 6) is -2.93. The van der Waals surface area contributed by atoms with Gasteiger partial charge < -0.3 is 20.1 Å². The van der Waals surface area contributed by atoms with Crippen LogP contribution in [0.4, 0.5) is 0 Å². The van der Waals surface area contributed by atoms with Crippen molar-refractivity contribution >= 4 is 44.5 Å². The van der Waals surface area contributed by atoms with Crippen LogP contribution in [0.25, 0.3) is 10.9 Å². The van der Waals surface area contributed by atoms with E-state index in [0.717, 1.165) is 5.56 Å². The van der Waals surface area contributed by atoms with Gasteiger partial charge in [0.15, 0.2) is 6.61 Å². The van der Waals surface area contributed by atoms with Crippen LogP contribution in [0.3, 0.4) is 0 Å². The molecule has 0 radical (unpaired) electrons. The average Bonchev–Trinajstić information content (AvgIpc) is 2.93. The first kappa shape index (κ1) is 19.6. The molecule has 144 valence electrons. The lowest BCUT2D eigenvalue weighted by Crippen LogP contribution is -2.24. The molecule has 0 saturated heterocycles. The standard InChI is InChI=1S/C20H17BrN2O5/c1-11-16(18(26)20(22)27)17-14(23(11)9-12-5-3-2-4-6-12)8-7-13(21)19(17)28-10-15(24)25/h2-8H,9-10H2,1H3,(H2,22,27)(H,24,25). The zero-order valence-corrected chi connectivity index (χ0v) is 16.5. The number of carboxylic acid groups (broad SMARTS) is 1. The van der Waals surface area contributed by atoms with E-state index in [9.17, 15) is 14.4 Å². The van der Waals surface area contributed by atoms with E-state index < -0.39 is 24.3 Å². The van der Waals surface area contributed by atoms with Crippen LogP contribution in [0.1, 0.15) is 21.6 Å². The Morgan fingerprint density at radius 3 is 2.43 bits per heavy atom. The second kappa shape index (κ2) is 7.85. The molecule has 0 bridgehead atoms. The molecular weight excluding hydrogens is 428 g/mol. The quantitative estimate of drug-likeness (QED) is 0.429. The number of hydrogen-bond acceptors (Lipinski definition) is 4. The molecule has 7 nitrogen and oxygen atoms in total. The molecule has 0 saturated carbocycles. The number of aliphatic carboxylic acids is 1. The van der Waals surface area contributed by atoms with Gasteiger partial charge in [0.25, 0.3) is 11.7 Å². The highest BCUT2D eigenvalue weighted by Gasteiger charge is 2.27. The van der Waals surface area contributed by atoms with Gasteiger partial charge in [0.2, 0.25) is 0 Å². The van der Waals surface area contributed by atoms with E-state index in [1.807, 2.05) is 34.9 Å². The third-order valence-electron chi connectivity index (χ3n) is 4.37. The normalized spacial score (nSPS) is 10.8. The van der Waals surface area contributed by atoms with Crippen molar-refractivity contribution in [1.29, 1.82) is 0 Å². The van der Waals surface area contributed by atoms with Crippen LogP contribution in [0.2, 0.25) is 0 Å². The highest BCUT2D eigenvalue weighted by Crippen LogP contribution is 2.39. The molecule has 3 aromatic rings. The van der Waals surface area contributed by atoms with Crippen LogP contribution in [0, 0.1) is 6.92 Å². The predicted octanol–water partition coefficient (Wildman–Crippen LogP) is 2.89. The van der Waals surface area contributed by atoms with E-state index in [4.69, 9.17) is 15.6 Å². The summed E-state index contributed by atoms with van der Waals surface area (Å²) >= 11 is 3.33. The number of nitrogens with two attached hydrogens (primary N) is 1. The minimum Gasteiger partial charge on any atom is -0.480 e. The number of ether oxygens (including phenoxy) is 1. The van der Waals surface area contributed by atoms with Crippen LogP contribution >= 0.6 is 15.9 Å². The van der Waals surface area contributed by atoms with Gasteiger partial charge in [0.1, 0.15) is 5.75 Å². The SMILES string of the molecule is Cc1c(C(=O)C(N)=O)c2c(OCC(=O)O)c(Br)ccc2n1Cc1ccccc1. The molecule has 1 amide bonds. The van der Waals surface area contributed by atoms with Crippen molar-refractivity contribution < 1.29 is 24.2 Å². The Kier molecular flexibility index (Phi) is 5.51. The smallest absolute Gasteiger partial charge is 0.341 e. The molecule has 1 aromatic heterocycles. The Balaban J connectivity index is 2.29. The lowest BCUT2D eigenvalue weighted by Gasteiger charge is -2.11. The molecule has 1 heterocycles. The van der Waals surface area contributed by atoms with Crippen molar-refractivity contribution in [2.45, 2.75) is 13.5 Å². The number of halogens is 1. The summed E-state index contributed by atoms with van der Waals surface area (Å²) in [6.07, 6.45) is 0. The molecule has 2 aromatic carbocycles. The molecule has 0 aliphatic carbocycles. The number of carbonyl (C=O) groups is 3. The first-order valence-corrected chi connectivity index (χ1v) is 9.14. The molecule has 28 heavy (non-hydrogen) atoms. The van der Waals surface area contributed by atoms with Crippen molar-refractivity contribution in [2.24, 2.45) is 5.73 Å². The van der Waals surface area contributed by atoms with Crippen molar-refractivity contribution in [3.8, 4) is 5.75 Å². The van der Waals surface area contributed by atoms with Crippen LogP contribution in [-0.2, 0) is 16.1 Å². The first-order chi connectivity index (χ1) is 13.3. The number of primary amides is 1. The van der Waals surface area contributed by atoms with Crippen LogP contribution in [-0.4, -0.2) is 33.9 Å². The zero-order valence-electron chi connectivity index (χ0n) is 14.9. The summed E-state index contributed by atoms with van der Waals surface area (Å²) in [7, 11) is 0. The Morgan fingerprint density at radius 2 is 1.82 bits per heavy atom. The fourth-order valence-electron chi connectivity index (χ4n) is 3.16. The van der Waals surface area contributed by atoms with Crippen LogP contribution in [0.15, 0.2) is 46.9 Å². The van der Waals surface area contributed by atoms with E-state index in [1.54, 1.807) is 19.1 Å². The topological polar surface area (TPSA) is 112 Å². The summed E-state index contributed by atoms with van der Waals surface area (Å²) in [5.41, 5.74) is 7.54. The molecular formula is C20H17BrN2O5. The Bertz CT molecular complexity index is 1090. The molecule has 3 rings (SSSR count). The van der Waals surface area contributed by atoms with Gasteiger partial charge in [-0.1, -0.05) is 30.3 Å². The summed E-state index contributed by atoms with van der Waals surface area (Å²) in [4.78, 5) is 35.2. The van der Waals surface area contributed by atoms with E-state index >= 15 is 0 Å². The molecule has 0 spiro atoms. The maximum absolute atomic E-state index is 12.6. The number of hydrogen-bond donors (Lipinski definition) is 2. The highest BCUT2D eigenvalue weighted by molar-refractivity contribution is 9.10. The van der Waals surface area contributed by atoms with E-state index in [1.165, 1.54) is 0 Å². The molecule has 0 unspecified atom stereocenters. The molecule has 3 N–H and O–H groups in total. The minimum absolute atomic E-state index is 0.111. The van der Waals surface area contributed by atoms with Crippen LogP contribution < -0.4 is 10.5 Å². The largest absolute Gasteiger partial charge is 0.480 e. The number of amides is 1. The second-order valence-corrected chi connectivity index (χ2v) is 7.03. The number of carbonyl (C=O) groups excluding carboxylic acids is 2. The Morgan fingerprint density at radius 1 is 1.14 bits per heavy atom. The van der Waals surface area contributed by atoms with E-state index in [0.29, 0.717) is 27.6 Å². The van der Waals surface area contributed by atoms with Crippen molar-refractivity contribution in [3.63, 3.8) is 0 Å². The minimum atomic E-state index is -1.16. The van der Waals surface area contributed by atoms with Gasteiger partial charge in [-0.3, -0.25) is 9.59 Å². The van der Waals surface area contributed by atoms with Gasteiger partial charge in [0.05, 0.1) is 20.9 Å². The van der Waals surface area contributed by atoms with Gasteiger partial charge in [-0.15, -0.1) is 0 Å². The second-order valence-electron chi connectivity index (χ2n) is 6.18. The Hall–Kier alpha value is -3.13. The number of fused-ring (bicyclic) bond motifs is 1. The summed E-state index contributed by atoms with van der Waals surface area (Å²) in [6, 6.07) is 13.1. The molecule has 8 heteroatoms. The van der Waals surface area contributed by atoms with E-state index in [2.05, 4.69) is 15.9 Å². The Labute approximate surface area is 168 Å². The highest BCUT2D eigenvalue weighted by atomic mass is 79.9. The van der Waals surface area contributed by atoms with Gasteiger partial charge in [-0.25, -0.2) is 4.79 Å². The number of rotatable bonds is 7.